The third-order valence-electron chi connectivity index (χ3n) is 1.90. The number of hydrogen-bond acceptors (Lipinski definition) is 6. The smallest absolute Gasteiger partial charge is 0.104 e. The fourth-order valence-electron chi connectivity index (χ4n) is 1.16. The molecule has 18 heavy (non-hydrogen) atoms. The molecule has 0 fully saturated rings. The van der Waals surface area contributed by atoms with Gasteiger partial charge in [-0.1, -0.05) is 0 Å². The van der Waals surface area contributed by atoms with Gasteiger partial charge >= 0.3 is 0 Å². The number of hydrogen-bond donors (Lipinski definition) is 3. The second-order valence-corrected chi connectivity index (χ2v) is 4.58. The third-order valence-corrected chi connectivity index (χ3v) is 1.90. The lowest BCUT2D eigenvalue weighted by atomic mass is 10.3. The zero-order valence-electron chi connectivity index (χ0n) is 11.4. The van der Waals surface area contributed by atoms with Gasteiger partial charge in [-0.05, 0) is 20.8 Å². The Hall–Kier alpha value is -0.240. The van der Waals surface area contributed by atoms with Crippen LogP contribution < -0.4 is 0 Å². The summed E-state index contributed by atoms with van der Waals surface area (Å²) in [4.78, 5) is 0. The molecule has 3 unspecified atom stereocenters. The Morgan fingerprint density at radius 2 is 1.06 bits per heavy atom. The van der Waals surface area contributed by atoms with Crippen LogP contribution in [0, 0.1) is 0 Å². The van der Waals surface area contributed by atoms with Crippen LogP contribution in [0.1, 0.15) is 20.8 Å². The van der Waals surface area contributed by atoms with E-state index in [4.69, 9.17) is 29.5 Å². The van der Waals surface area contributed by atoms with E-state index in [1.54, 1.807) is 20.8 Å². The van der Waals surface area contributed by atoms with Gasteiger partial charge in [-0.2, -0.15) is 0 Å². The Kier molecular flexibility index (Phi) is 10.5. The van der Waals surface area contributed by atoms with Gasteiger partial charge in [0.05, 0.1) is 51.3 Å². The van der Waals surface area contributed by atoms with Crippen molar-refractivity contribution < 1.29 is 29.5 Å². The van der Waals surface area contributed by atoms with Crippen molar-refractivity contribution in [2.45, 2.75) is 45.2 Å². The first kappa shape index (κ1) is 17.8. The summed E-state index contributed by atoms with van der Waals surface area (Å²) in [5.41, 5.74) is 0. The van der Waals surface area contributed by atoms with Gasteiger partial charge in [-0.3, -0.25) is 0 Å². The van der Waals surface area contributed by atoms with Crippen molar-refractivity contribution in [3.05, 3.63) is 0 Å². The van der Waals surface area contributed by atoms with Crippen molar-refractivity contribution in [3.63, 3.8) is 0 Å². The van der Waals surface area contributed by atoms with Gasteiger partial charge in [0.2, 0.25) is 0 Å². The molecule has 3 N–H and O–H groups in total. The highest BCUT2D eigenvalue weighted by Gasteiger charge is 2.12. The van der Waals surface area contributed by atoms with Crippen molar-refractivity contribution in [2.75, 3.05) is 33.0 Å². The highest BCUT2D eigenvalue weighted by molar-refractivity contribution is 4.58. The molecular formula is C12H26O6. The minimum atomic E-state index is -0.555. The largest absolute Gasteiger partial charge is 0.391 e. The highest BCUT2D eigenvalue weighted by Crippen LogP contribution is 1.99. The van der Waals surface area contributed by atoms with Crippen LogP contribution in [0.15, 0.2) is 0 Å². The van der Waals surface area contributed by atoms with E-state index in [1.165, 1.54) is 0 Å². The summed E-state index contributed by atoms with van der Waals surface area (Å²) in [5.74, 6) is 0. The molecule has 0 aliphatic rings. The SMILES string of the molecule is CC(O)COCC(COCC(C)O)OCC(C)O. The summed E-state index contributed by atoms with van der Waals surface area (Å²) in [7, 11) is 0. The minimum absolute atomic E-state index is 0.195. The molecule has 0 aromatic rings. The monoisotopic (exact) mass is 266 g/mol. The van der Waals surface area contributed by atoms with Crippen molar-refractivity contribution in [3.8, 4) is 0 Å². The molecule has 0 bridgehead atoms. The predicted molar refractivity (Wildman–Crippen MR) is 66.4 cm³/mol. The van der Waals surface area contributed by atoms with Gasteiger partial charge in [-0.15, -0.1) is 0 Å². The average Bonchev–Trinajstić information content (AvgIpc) is 2.24. The number of aliphatic hydroxyl groups is 3. The Morgan fingerprint density at radius 3 is 1.39 bits per heavy atom. The second kappa shape index (κ2) is 10.7. The Labute approximate surface area is 108 Å². The maximum atomic E-state index is 9.14. The summed E-state index contributed by atoms with van der Waals surface area (Å²) in [6.45, 7) is 6.10. The minimum Gasteiger partial charge on any atom is -0.391 e. The molecule has 0 spiro atoms. The van der Waals surface area contributed by atoms with Crippen molar-refractivity contribution >= 4 is 0 Å². The lowest BCUT2D eigenvalue weighted by Crippen LogP contribution is -2.31. The molecule has 6 heteroatoms. The van der Waals surface area contributed by atoms with Crippen LogP contribution in [0.5, 0.6) is 0 Å². The molecule has 0 saturated heterocycles. The first-order valence-electron chi connectivity index (χ1n) is 6.23. The predicted octanol–water partition coefficient (Wildman–Crippen LogP) is -0.453. The lowest BCUT2D eigenvalue weighted by molar-refractivity contribution is -0.0927. The Morgan fingerprint density at radius 1 is 0.667 bits per heavy atom. The van der Waals surface area contributed by atoms with Gasteiger partial charge in [0.15, 0.2) is 0 Å². The number of ether oxygens (including phenoxy) is 3. The second-order valence-electron chi connectivity index (χ2n) is 4.58. The maximum absolute atomic E-state index is 9.14. The van der Waals surface area contributed by atoms with Gasteiger partial charge in [0, 0.05) is 0 Å². The van der Waals surface area contributed by atoms with Crippen molar-refractivity contribution in [2.24, 2.45) is 0 Å². The third kappa shape index (κ3) is 12.2. The highest BCUT2D eigenvalue weighted by atomic mass is 16.6. The molecule has 0 aliphatic heterocycles. The maximum Gasteiger partial charge on any atom is 0.104 e. The molecule has 0 aliphatic carbocycles. The van der Waals surface area contributed by atoms with E-state index in [0.29, 0.717) is 0 Å². The van der Waals surface area contributed by atoms with E-state index >= 15 is 0 Å². The quantitative estimate of drug-likeness (QED) is 0.469. The lowest BCUT2D eigenvalue weighted by Gasteiger charge is -2.20. The van der Waals surface area contributed by atoms with Gasteiger partial charge in [0.25, 0.3) is 0 Å². The van der Waals surface area contributed by atoms with Crippen LogP contribution in [-0.2, 0) is 14.2 Å². The molecule has 0 saturated carbocycles. The van der Waals surface area contributed by atoms with E-state index in [-0.39, 0.29) is 39.1 Å². The first-order chi connectivity index (χ1) is 8.41. The van der Waals surface area contributed by atoms with E-state index in [9.17, 15) is 0 Å². The average molecular weight is 266 g/mol. The van der Waals surface area contributed by atoms with Crippen LogP contribution in [0.4, 0.5) is 0 Å². The van der Waals surface area contributed by atoms with E-state index in [1.807, 2.05) is 0 Å². The summed E-state index contributed by atoms with van der Waals surface area (Å²) in [6, 6.07) is 0. The molecule has 0 aromatic carbocycles. The molecule has 3 atom stereocenters. The standard InChI is InChI=1S/C12H26O6/c1-9(13)4-16-7-12(18-6-11(3)15)8-17-5-10(2)14/h9-15H,4-8H2,1-3H3. The van der Waals surface area contributed by atoms with E-state index in [0.717, 1.165) is 0 Å². The number of rotatable bonds is 11. The van der Waals surface area contributed by atoms with Crippen molar-refractivity contribution in [1.29, 1.82) is 0 Å². The summed E-state index contributed by atoms with van der Waals surface area (Å²) in [5, 5.41) is 27.3. The normalized spacial score (nSPS) is 18.3. The summed E-state index contributed by atoms with van der Waals surface area (Å²) < 4.78 is 15.9. The van der Waals surface area contributed by atoms with Crippen LogP contribution >= 0.6 is 0 Å². The molecule has 0 rings (SSSR count). The molecule has 6 nitrogen and oxygen atoms in total. The summed E-state index contributed by atoms with van der Waals surface area (Å²) >= 11 is 0. The Bertz CT molecular complexity index is 169. The van der Waals surface area contributed by atoms with Crippen molar-refractivity contribution in [1.82, 2.24) is 0 Å². The van der Waals surface area contributed by atoms with E-state index in [2.05, 4.69) is 0 Å². The Balaban J connectivity index is 3.84. The van der Waals surface area contributed by atoms with Crippen LogP contribution in [0.2, 0.25) is 0 Å². The zero-order chi connectivity index (χ0) is 14.0. The van der Waals surface area contributed by atoms with Crippen LogP contribution in [-0.4, -0.2) is 72.8 Å². The van der Waals surface area contributed by atoms with E-state index < -0.39 is 18.3 Å². The van der Waals surface area contributed by atoms with Gasteiger partial charge < -0.3 is 29.5 Å². The molecule has 0 amide bonds. The fraction of sp³-hybridized carbons (Fsp3) is 1.00. The molecular weight excluding hydrogens is 240 g/mol. The van der Waals surface area contributed by atoms with Crippen LogP contribution in [0.25, 0.3) is 0 Å². The van der Waals surface area contributed by atoms with Crippen LogP contribution in [0.3, 0.4) is 0 Å². The molecule has 0 radical (unpaired) electrons. The number of aliphatic hydroxyl groups excluding tert-OH is 3. The molecule has 110 valence electrons. The topological polar surface area (TPSA) is 88.4 Å². The van der Waals surface area contributed by atoms with Gasteiger partial charge in [-0.25, -0.2) is 0 Å². The summed E-state index contributed by atoms with van der Waals surface area (Å²) in [6.07, 6.45) is -1.93. The first-order valence-corrected chi connectivity index (χ1v) is 6.23. The zero-order valence-corrected chi connectivity index (χ0v) is 11.4. The fourth-order valence-corrected chi connectivity index (χ4v) is 1.16. The molecule has 0 heterocycles. The van der Waals surface area contributed by atoms with Gasteiger partial charge in [0.1, 0.15) is 6.10 Å². The molecule has 0 aromatic heterocycles.